The molecule has 0 radical (unpaired) electrons. The molecule has 1 aliphatic rings. The highest BCUT2D eigenvalue weighted by Crippen LogP contribution is 2.28. The number of nitrogens with two attached hydrogens (primary N) is 1. The molecule has 8 heteroatoms. The largest absolute Gasteiger partial charge is 0.461 e. The van der Waals surface area contributed by atoms with Crippen LogP contribution in [-0.2, 0) is 20.9 Å². The quantitative estimate of drug-likeness (QED) is 0.329. The number of nitrogens with zero attached hydrogens (tertiary/aromatic N) is 2. The molecule has 0 fully saturated rings. The number of carbonyl (C=O) groups excluding carboxylic acids is 3. The summed E-state index contributed by atoms with van der Waals surface area (Å²) in [4.78, 5) is 44.1. The van der Waals surface area contributed by atoms with Gasteiger partial charge in [0.25, 0.3) is 5.91 Å². The fraction of sp³-hybridized carbons (Fsp3) is 0.379. The van der Waals surface area contributed by atoms with Crippen LogP contribution in [-0.4, -0.2) is 48.2 Å². The van der Waals surface area contributed by atoms with E-state index in [2.05, 4.69) is 10.3 Å². The first-order chi connectivity index (χ1) is 17.9. The lowest BCUT2D eigenvalue weighted by molar-refractivity contribution is -0.145. The Bertz CT molecular complexity index is 1150. The predicted molar refractivity (Wildman–Crippen MR) is 145 cm³/mol. The van der Waals surface area contributed by atoms with Crippen molar-refractivity contribution < 1.29 is 19.1 Å². The minimum atomic E-state index is -0.304. The number of rotatable bonds is 12. The first-order valence-corrected chi connectivity index (χ1v) is 12.9. The van der Waals surface area contributed by atoms with Crippen LogP contribution in [0.2, 0.25) is 0 Å². The van der Waals surface area contributed by atoms with E-state index < -0.39 is 0 Å². The Morgan fingerprint density at radius 3 is 2.49 bits per heavy atom. The number of carbonyl (C=O) groups is 3. The van der Waals surface area contributed by atoms with E-state index in [0.29, 0.717) is 48.7 Å². The van der Waals surface area contributed by atoms with E-state index in [1.54, 1.807) is 18.2 Å². The van der Waals surface area contributed by atoms with Crippen molar-refractivity contribution >= 4 is 35.4 Å². The molecule has 196 valence electrons. The topological polar surface area (TPSA) is 114 Å². The van der Waals surface area contributed by atoms with Crippen LogP contribution in [0.4, 0.5) is 5.69 Å². The molecule has 0 bridgehead atoms. The summed E-state index contributed by atoms with van der Waals surface area (Å²) in [5, 5.41) is 2.83. The van der Waals surface area contributed by atoms with Crippen molar-refractivity contribution in [1.29, 1.82) is 0 Å². The Hall–Kier alpha value is -3.94. The summed E-state index contributed by atoms with van der Waals surface area (Å²) >= 11 is 0. The molecule has 0 saturated heterocycles. The zero-order chi connectivity index (χ0) is 26.6. The van der Waals surface area contributed by atoms with Crippen molar-refractivity contribution in [3.63, 3.8) is 0 Å². The molecular formula is C29H36N4O4. The monoisotopic (exact) mass is 504 g/mol. The van der Waals surface area contributed by atoms with E-state index in [1.807, 2.05) is 55.2 Å². The smallest absolute Gasteiger partial charge is 0.306 e. The van der Waals surface area contributed by atoms with Crippen molar-refractivity contribution in [3.8, 4) is 0 Å². The van der Waals surface area contributed by atoms with Crippen LogP contribution in [0, 0.1) is 0 Å². The number of amides is 2. The molecule has 3 N–H and O–H groups in total. The number of hydrogen-bond donors (Lipinski definition) is 2. The molecular weight excluding hydrogens is 468 g/mol. The van der Waals surface area contributed by atoms with Crippen LogP contribution in [0.1, 0.15) is 67.4 Å². The Balaban J connectivity index is 1.56. The lowest BCUT2D eigenvalue weighted by atomic mass is 10.0. The Morgan fingerprint density at radius 2 is 1.78 bits per heavy atom. The average Bonchev–Trinajstić information content (AvgIpc) is 3.07. The van der Waals surface area contributed by atoms with Gasteiger partial charge in [-0.25, -0.2) is 4.99 Å². The molecule has 0 atom stereocenters. The zero-order valence-corrected chi connectivity index (χ0v) is 21.7. The fourth-order valence-electron chi connectivity index (χ4n) is 4.07. The number of hydrogen-bond acceptors (Lipinski definition) is 6. The third-order valence-corrected chi connectivity index (χ3v) is 5.89. The van der Waals surface area contributed by atoms with Crippen LogP contribution < -0.4 is 11.1 Å². The molecule has 37 heavy (non-hydrogen) atoms. The maximum atomic E-state index is 13.1. The third-order valence-electron chi connectivity index (χ3n) is 5.89. The molecule has 1 aliphatic heterocycles. The van der Waals surface area contributed by atoms with Crippen LogP contribution in [0.5, 0.6) is 0 Å². The highest BCUT2D eigenvalue weighted by molar-refractivity contribution is 6.06. The predicted octanol–water partition coefficient (Wildman–Crippen LogP) is 4.36. The van der Waals surface area contributed by atoms with Gasteiger partial charge in [-0.2, -0.15) is 0 Å². The number of benzene rings is 2. The SMILES string of the molecule is CCCN(CCC)C(=O)C1=Cc2ccc(C(=O)NCCCC(=O)OCc3ccccc3)cc2N=C(N)C1. The summed E-state index contributed by atoms with van der Waals surface area (Å²) in [6.07, 6.45) is 4.53. The van der Waals surface area contributed by atoms with E-state index in [9.17, 15) is 14.4 Å². The lowest BCUT2D eigenvalue weighted by Crippen LogP contribution is -2.34. The van der Waals surface area contributed by atoms with Gasteiger partial charge in [0.15, 0.2) is 0 Å². The summed E-state index contributed by atoms with van der Waals surface area (Å²) in [6, 6.07) is 14.6. The van der Waals surface area contributed by atoms with E-state index in [-0.39, 0.29) is 37.2 Å². The van der Waals surface area contributed by atoms with Crippen LogP contribution in [0.15, 0.2) is 59.1 Å². The van der Waals surface area contributed by atoms with Crippen LogP contribution >= 0.6 is 0 Å². The summed E-state index contributed by atoms with van der Waals surface area (Å²) in [5.74, 6) is -0.269. The van der Waals surface area contributed by atoms with Gasteiger partial charge in [0.2, 0.25) is 5.91 Å². The first kappa shape index (κ1) is 27.6. The first-order valence-electron chi connectivity index (χ1n) is 12.9. The van der Waals surface area contributed by atoms with Gasteiger partial charge in [-0.1, -0.05) is 50.2 Å². The van der Waals surface area contributed by atoms with Crippen LogP contribution in [0.25, 0.3) is 6.08 Å². The van der Waals surface area contributed by atoms with Gasteiger partial charge in [0, 0.05) is 49.2 Å². The van der Waals surface area contributed by atoms with Crippen LogP contribution in [0.3, 0.4) is 0 Å². The molecule has 0 aromatic heterocycles. The van der Waals surface area contributed by atoms with Gasteiger partial charge in [-0.05, 0) is 43.0 Å². The normalized spacial score (nSPS) is 12.5. The summed E-state index contributed by atoms with van der Waals surface area (Å²) < 4.78 is 5.26. The van der Waals surface area contributed by atoms with Crippen molar-refractivity contribution in [3.05, 3.63) is 70.8 Å². The number of fused-ring (bicyclic) bond motifs is 1. The molecule has 2 amide bonds. The molecule has 3 rings (SSSR count). The molecule has 0 unspecified atom stereocenters. The van der Waals surface area contributed by atoms with E-state index >= 15 is 0 Å². The third kappa shape index (κ3) is 8.31. The fourth-order valence-corrected chi connectivity index (χ4v) is 4.07. The van der Waals surface area contributed by atoms with Crippen molar-refractivity contribution in [2.45, 2.75) is 52.6 Å². The van der Waals surface area contributed by atoms with Gasteiger partial charge in [-0.3, -0.25) is 14.4 Å². The van der Waals surface area contributed by atoms with Crippen molar-refractivity contribution in [2.75, 3.05) is 19.6 Å². The molecule has 2 aromatic carbocycles. The van der Waals surface area contributed by atoms with Crippen molar-refractivity contribution in [2.24, 2.45) is 10.7 Å². The second-order valence-corrected chi connectivity index (χ2v) is 9.02. The zero-order valence-electron chi connectivity index (χ0n) is 21.7. The lowest BCUT2D eigenvalue weighted by Gasteiger charge is -2.22. The molecule has 0 aliphatic carbocycles. The highest BCUT2D eigenvalue weighted by Gasteiger charge is 2.21. The van der Waals surface area contributed by atoms with Gasteiger partial charge >= 0.3 is 5.97 Å². The minimum absolute atomic E-state index is 0.0289. The molecule has 8 nitrogen and oxygen atoms in total. The maximum Gasteiger partial charge on any atom is 0.306 e. The van der Waals surface area contributed by atoms with Gasteiger partial charge < -0.3 is 20.7 Å². The van der Waals surface area contributed by atoms with Gasteiger partial charge in [0.1, 0.15) is 12.4 Å². The number of ether oxygens (including phenoxy) is 1. The molecule has 0 saturated carbocycles. The second-order valence-electron chi connectivity index (χ2n) is 9.02. The molecule has 0 spiro atoms. The molecule has 1 heterocycles. The minimum Gasteiger partial charge on any atom is -0.461 e. The molecule has 2 aromatic rings. The van der Waals surface area contributed by atoms with Gasteiger partial charge in [-0.15, -0.1) is 0 Å². The Labute approximate surface area is 218 Å². The summed E-state index contributed by atoms with van der Waals surface area (Å²) in [7, 11) is 0. The highest BCUT2D eigenvalue weighted by atomic mass is 16.5. The Morgan fingerprint density at radius 1 is 1.05 bits per heavy atom. The van der Waals surface area contributed by atoms with E-state index in [1.165, 1.54) is 0 Å². The second kappa shape index (κ2) is 14.0. The van der Waals surface area contributed by atoms with Gasteiger partial charge in [0.05, 0.1) is 5.69 Å². The number of nitrogens with one attached hydrogen (secondary N) is 1. The van der Waals surface area contributed by atoms with E-state index in [0.717, 1.165) is 24.0 Å². The van der Waals surface area contributed by atoms with Crippen molar-refractivity contribution in [1.82, 2.24) is 10.2 Å². The summed E-state index contributed by atoms with van der Waals surface area (Å²) in [5.41, 5.74) is 9.39. The number of aliphatic imine (C=N–C) groups is 1. The number of amidine groups is 1. The van der Waals surface area contributed by atoms with E-state index in [4.69, 9.17) is 10.5 Å². The average molecular weight is 505 g/mol. The number of esters is 1. The standard InChI is InChI=1S/C29H36N4O4/c1-3-15-33(16-4-2)29(36)24-17-22-12-13-23(18-25(22)32-26(30)19-24)28(35)31-14-8-11-27(34)37-20-21-9-6-5-7-10-21/h5-7,9-10,12-13,17-18H,3-4,8,11,14-16,19-20H2,1-2H3,(H2,30,32)(H,31,35). The Kier molecular flexibility index (Phi) is 10.4. The maximum absolute atomic E-state index is 13.1. The summed E-state index contributed by atoms with van der Waals surface area (Å²) in [6.45, 7) is 6.06.